The molecule has 0 aliphatic carbocycles. The fourth-order valence-electron chi connectivity index (χ4n) is 2.48. The molecule has 2 rings (SSSR count). The van der Waals surface area contributed by atoms with Gasteiger partial charge in [0.2, 0.25) is 0 Å². The molecule has 0 radical (unpaired) electrons. The van der Waals surface area contributed by atoms with Crippen molar-refractivity contribution >= 4 is 11.1 Å². The van der Waals surface area contributed by atoms with Gasteiger partial charge in [-0.1, -0.05) is 33.8 Å². The summed E-state index contributed by atoms with van der Waals surface area (Å²) in [4.78, 5) is 11.7. The summed E-state index contributed by atoms with van der Waals surface area (Å²) in [5.74, 6) is 0.205. The van der Waals surface area contributed by atoms with E-state index in [0.29, 0.717) is 18.0 Å². The van der Waals surface area contributed by atoms with Gasteiger partial charge in [0.25, 0.3) is 0 Å². The molecule has 0 spiro atoms. The average molecular weight is 290 g/mol. The molecule has 116 valence electrons. The molecule has 2 aromatic rings. The zero-order chi connectivity index (χ0) is 15.8. The maximum Gasteiger partial charge on any atom is 0.419 e. The van der Waals surface area contributed by atoms with Crippen LogP contribution in [0, 0.1) is 11.3 Å². The first-order valence-corrected chi connectivity index (χ1v) is 7.63. The van der Waals surface area contributed by atoms with Crippen molar-refractivity contribution in [1.82, 2.24) is 4.57 Å². The molecule has 0 saturated heterocycles. The fourth-order valence-corrected chi connectivity index (χ4v) is 2.48. The summed E-state index contributed by atoms with van der Waals surface area (Å²) >= 11 is 0. The first kappa shape index (κ1) is 15.8. The standard InChI is InChI=1S/C17H26N2O2/c1-6-19-14-8-7-12(10-15(14)21-16(19)20)13(18)9-11(2)17(3,4)5/h7-8,10-11,13H,6,9,18H2,1-5H3. The smallest absolute Gasteiger partial charge is 0.408 e. The second kappa shape index (κ2) is 5.68. The monoisotopic (exact) mass is 290 g/mol. The lowest BCUT2D eigenvalue weighted by Gasteiger charge is -2.29. The fraction of sp³-hybridized carbons (Fsp3) is 0.588. The van der Waals surface area contributed by atoms with Crippen molar-refractivity contribution in [3.05, 3.63) is 34.3 Å². The Labute approximate surface area is 125 Å². The van der Waals surface area contributed by atoms with Crippen LogP contribution in [0.1, 0.15) is 52.6 Å². The van der Waals surface area contributed by atoms with Crippen LogP contribution in [0.2, 0.25) is 0 Å². The minimum Gasteiger partial charge on any atom is -0.408 e. The molecular formula is C17H26N2O2. The number of nitrogens with zero attached hydrogens (tertiary/aromatic N) is 1. The van der Waals surface area contributed by atoms with Crippen molar-refractivity contribution < 1.29 is 4.42 Å². The van der Waals surface area contributed by atoms with Crippen molar-refractivity contribution in [2.45, 2.75) is 53.6 Å². The maximum absolute atomic E-state index is 11.7. The van der Waals surface area contributed by atoms with Gasteiger partial charge in [0.05, 0.1) is 5.52 Å². The molecule has 4 heteroatoms. The zero-order valence-electron chi connectivity index (χ0n) is 13.6. The molecular weight excluding hydrogens is 264 g/mol. The summed E-state index contributed by atoms with van der Waals surface area (Å²) in [6.07, 6.45) is 0.910. The Bertz CT molecular complexity index is 676. The highest BCUT2D eigenvalue weighted by Crippen LogP contribution is 2.32. The van der Waals surface area contributed by atoms with Crippen LogP contribution in [0.4, 0.5) is 0 Å². The van der Waals surface area contributed by atoms with E-state index < -0.39 is 0 Å². The van der Waals surface area contributed by atoms with Crippen molar-refractivity contribution in [3.63, 3.8) is 0 Å². The van der Waals surface area contributed by atoms with E-state index in [0.717, 1.165) is 17.5 Å². The Hall–Kier alpha value is -1.55. The largest absolute Gasteiger partial charge is 0.419 e. The molecule has 0 aliphatic heterocycles. The van der Waals surface area contributed by atoms with E-state index in [2.05, 4.69) is 27.7 Å². The Kier molecular flexibility index (Phi) is 4.28. The van der Waals surface area contributed by atoms with E-state index in [-0.39, 0.29) is 17.2 Å². The number of hydrogen-bond donors (Lipinski definition) is 1. The van der Waals surface area contributed by atoms with Gasteiger partial charge in [0.1, 0.15) is 0 Å². The van der Waals surface area contributed by atoms with Crippen molar-refractivity contribution in [1.29, 1.82) is 0 Å². The third-order valence-corrected chi connectivity index (χ3v) is 4.52. The molecule has 4 nitrogen and oxygen atoms in total. The minimum atomic E-state index is -0.304. The van der Waals surface area contributed by atoms with Crippen LogP contribution in [0.5, 0.6) is 0 Å². The number of aryl methyl sites for hydroxylation is 1. The molecule has 1 aromatic carbocycles. The molecule has 1 aromatic heterocycles. The second-order valence-electron chi connectivity index (χ2n) is 6.95. The molecule has 2 N–H and O–H groups in total. The number of nitrogens with two attached hydrogens (primary N) is 1. The topological polar surface area (TPSA) is 61.2 Å². The Balaban J connectivity index is 2.29. The average Bonchev–Trinajstić information content (AvgIpc) is 2.71. The normalized spacial score (nSPS) is 15.3. The lowest BCUT2D eigenvalue weighted by molar-refractivity contribution is 0.234. The van der Waals surface area contributed by atoms with E-state index >= 15 is 0 Å². The number of oxazole rings is 1. The lowest BCUT2D eigenvalue weighted by atomic mass is 9.78. The van der Waals surface area contributed by atoms with Crippen molar-refractivity contribution in [2.75, 3.05) is 0 Å². The number of hydrogen-bond acceptors (Lipinski definition) is 3. The van der Waals surface area contributed by atoms with Crippen LogP contribution in [0.3, 0.4) is 0 Å². The summed E-state index contributed by atoms with van der Waals surface area (Å²) in [6.45, 7) is 11.5. The third kappa shape index (κ3) is 3.21. The number of benzene rings is 1. The molecule has 1 heterocycles. The molecule has 0 aliphatic rings. The van der Waals surface area contributed by atoms with E-state index in [1.807, 2.05) is 25.1 Å². The Morgan fingerprint density at radius 3 is 2.57 bits per heavy atom. The van der Waals surface area contributed by atoms with Gasteiger partial charge in [-0.25, -0.2) is 4.79 Å². The SMILES string of the molecule is CCn1c(=O)oc2cc(C(N)CC(C)C(C)(C)C)ccc21. The summed E-state index contributed by atoms with van der Waals surface area (Å²) in [6, 6.07) is 5.80. The highest BCUT2D eigenvalue weighted by molar-refractivity contribution is 5.73. The predicted octanol–water partition coefficient (Wildman–Crippen LogP) is 3.69. The molecule has 0 amide bonds. The van der Waals surface area contributed by atoms with Gasteiger partial charge in [-0.05, 0) is 42.4 Å². The van der Waals surface area contributed by atoms with Gasteiger partial charge < -0.3 is 10.2 Å². The Morgan fingerprint density at radius 2 is 2.00 bits per heavy atom. The van der Waals surface area contributed by atoms with Gasteiger partial charge in [-0.2, -0.15) is 0 Å². The summed E-state index contributed by atoms with van der Waals surface area (Å²) in [5, 5.41) is 0. The molecule has 0 saturated carbocycles. The number of fused-ring (bicyclic) bond motifs is 1. The number of rotatable bonds is 4. The maximum atomic E-state index is 11.7. The predicted molar refractivity (Wildman–Crippen MR) is 86.3 cm³/mol. The summed E-state index contributed by atoms with van der Waals surface area (Å²) in [7, 11) is 0. The molecule has 0 bridgehead atoms. The van der Waals surface area contributed by atoms with Gasteiger partial charge in [-0.3, -0.25) is 4.57 Å². The van der Waals surface area contributed by atoms with Crippen LogP contribution < -0.4 is 11.5 Å². The molecule has 21 heavy (non-hydrogen) atoms. The van der Waals surface area contributed by atoms with Gasteiger partial charge >= 0.3 is 5.76 Å². The second-order valence-corrected chi connectivity index (χ2v) is 6.95. The van der Waals surface area contributed by atoms with Crippen molar-refractivity contribution in [2.24, 2.45) is 17.1 Å². The van der Waals surface area contributed by atoms with E-state index in [4.69, 9.17) is 10.2 Å². The third-order valence-electron chi connectivity index (χ3n) is 4.52. The molecule has 2 unspecified atom stereocenters. The van der Waals surface area contributed by atoms with Crippen LogP contribution in [-0.4, -0.2) is 4.57 Å². The Morgan fingerprint density at radius 1 is 1.33 bits per heavy atom. The highest BCUT2D eigenvalue weighted by Gasteiger charge is 2.23. The van der Waals surface area contributed by atoms with Gasteiger partial charge in [0, 0.05) is 12.6 Å². The number of aromatic nitrogens is 1. The van der Waals surface area contributed by atoms with Gasteiger partial charge in [-0.15, -0.1) is 0 Å². The molecule has 0 fully saturated rings. The first-order valence-electron chi connectivity index (χ1n) is 7.63. The molecule has 2 atom stereocenters. The summed E-state index contributed by atoms with van der Waals surface area (Å²) < 4.78 is 6.93. The summed E-state index contributed by atoms with van der Waals surface area (Å²) in [5.41, 5.74) is 9.05. The van der Waals surface area contributed by atoms with Crippen LogP contribution >= 0.6 is 0 Å². The minimum absolute atomic E-state index is 0.0427. The van der Waals surface area contributed by atoms with Crippen LogP contribution in [-0.2, 0) is 6.54 Å². The van der Waals surface area contributed by atoms with Crippen LogP contribution in [0.15, 0.2) is 27.4 Å². The van der Waals surface area contributed by atoms with Crippen molar-refractivity contribution in [3.8, 4) is 0 Å². The first-order chi connectivity index (χ1) is 9.74. The lowest BCUT2D eigenvalue weighted by Crippen LogP contribution is -2.23. The van der Waals surface area contributed by atoms with Gasteiger partial charge in [0.15, 0.2) is 5.58 Å². The van der Waals surface area contributed by atoms with E-state index in [1.54, 1.807) is 4.57 Å². The zero-order valence-corrected chi connectivity index (χ0v) is 13.6. The van der Waals surface area contributed by atoms with E-state index in [9.17, 15) is 4.79 Å². The quantitative estimate of drug-likeness (QED) is 0.934. The highest BCUT2D eigenvalue weighted by atomic mass is 16.4. The van der Waals surface area contributed by atoms with Crippen LogP contribution in [0.25, 0.3) is 11.1 Å². The van der Waals surface area contributed by atoms with E-state index in [1.165, 1.54) is 0 Å².